The zero-order valence-electron chi connectivity index (χ0n) is 19.8. The molecule has 0 bridgehead atoms. The van der Waals surface area contributed by atoms with Crippen LogP contribution in [-0.4, -0.2) is 45.6 Å². The van der Waals surface area contributed by atoms with Crippen molar-refractivity contribution in [2.24, 2.45) is 5.92 Å². The van der Waals surface area contributed by atoms with Crippen LogP contribution in [0.15, 0.2) is 47.6 Å². The largest absolute Gasteiger partial charge is 0.389 e. The van der Waals surface area contributed by atoms with Gasteiger partial charge in [-0.05, 0) is 45.2 Å². The van der Waals surface area contributed by atoms with Crippen molar-refractivity contribution >= 4 is 0 Å². The van der Waals surface area contributed by atoms with Crippen LogP contribution in [0.5, 0.6) is 0 Å². The first-order valence-corrected chi connectivity index (χ1v) is 10.9. The highest BCUT2D eigenvalue weighted by molar-refractivity contribution is 5.57. The van der Waals surface area contributed by atoms with Crippen molar-refractivity contribution in [2.45, 2.75) is 59.1 Å². The molecule has 0 fully saturated rings. The van der Waals surface area contributed by atoms with Crippen molar-refractivity contribution in [2.75, 3.05) is 0 Å². The molecule has 9 nitrogen and oxygen atoms in total. The predicted molar refractivity (Wildman–Crippen MR) is 123 cm³/mol. The summed E-state index contributed by atoms with van der Waals surface area (Å²) in [7, 11) is 0. The summed E-state index contributed by atoms with van der Waals surface area (Å²) in [6, 6.07) is 4.01. The second kappa shape index (κ2) is 8.47. The molecule has 0 aliphatic carbocycles. The average molecular weight is 448 g/mol. The minimum atomic E-state index is -0.872. The summed E-state index contributed by atoms with van der Waals surface area (Å²) >= 11 is 0. The van der Waals surface area contributed by atoms with Gasteiger partial charge in [-0.15, -0.1) is 0 Å². The smallest absolute Gasteiger partial charge is 0.261 e. The van der Waals surface area contributed by atoms with E-state index in [4.69, 9.17) is 9.51 Å². The Bertz CT molecular complexity index is 1220. The third-order valence-corrected chi connectivity index (χ3v) is 5.91. The molecule has 0 spiro atoms. The van der Waals surface area contributed by atoms with Gasteiger partial charge in [-0.1, -0.05) is 25.1 Å². The first-order chi connectivity index (χ1) is 15.6. The van der Waals surface area contributed by atoms with E-state index in [2.05, 4.69) is 46.0 Å². The minimum absolute atomic E-state index is 0.177. The first-order valence-electron chi connectivity index (χ1n) is 10.9. The molecule has 0 aliphatic heterocycles. The summed E-state index contributed by atoms with van der Waals surface area (Å²) in [4.78, 5) is 17.9. The van der Waals surface area contributed by atoms with E-state index in [9.17, 15) is 5.11 Å². The highest BCUT2D eigenvalue weighted by Crippen LogP contribution is 2.38. The Morgan fingerprint density at radius 3 is 2.33 bits per heavy atom. The Morgan fingerprint density at radius 1 is 1.00 bits per heavy atom. The number of rotatable bonds is 7. The Morgan fingerprint density at radius 2 is 1.73 bits per heavy atom. The standard InChI is InChI=1S/C24H29N7O2/c1-15(2)24(6,19-7-8-20(27-12-19)17-9-25-16(3)26-10-17)22-29-21(33-30-22)18-11-28-31(13-18)14-23(4,5)32/h7-13,15,32H,14H2,1-6H3. The number of hydrogen-bond acceptors (Lipinski definition) is 8. The van der Waals surface area contributed by atoms with Crippen molar-refractivity contribution in [1.82, 2.24) is 34.9 Å². The summed E-state index contributed by atoms with van der Waals surface area (Å²) in [6.07, 6.45) is 8.86. The van der Waals surface area contributed by atoms with Crippen LogP contribution in [0.4, 0.5) is 0 Å². The summed E-state index contributed by atoms with van der Waals surface area (Å²) in [5.41, 5.74) is 1.97. The molecule has 9 heteroatoms. The molecule has 4 aromatic rings. The lowest BCUT2D eigenvalue weighted by atomic mass is 9.73. The fourth-order valence-electron chi connectivity index (χ4n) is 3.63. The highest BCUT2D eigenvalue weighted by atomic mass is 16.5. The van der Waals surface area contributed by atoms with Crippen LogP contribution in [0, 0.1) is 12.8 Å². The third kappa shape index (κ3) is 4.68. The zero-order valence-corrected chi connectivity index (χ0v) is 19.8. The molecule has 4 aromatic heterocycles. The van der Waals surface area contributed by atoms with E-state index in [1.54, 1.807) is 43.3 Å². The molecule has 0 aromatic carbocycles. The van der Waals surface area contributed by atoms with Gasteiger partial charge in [0.2, 0.25) is 0 Å². The van der Waals surface area contributed by atoms with Gasteiger partial charge in [0.1, 0.15) is 5.82 Å². The fourth-order valence-corrected chi connectivity index (χ4v) is 3.63. The molecular weight excluding hydrogens is 418 g/mol. The lowest BCUT2D eigenvalue weighted by molar-refractivity contribution is 0.0577. The molecule has 33 heavy (non-hydrogen) atoms. The number of nitrogens with zero attached hydrogens (tertiary/aromatic N) is 7. The van der Waals surface area contributed by atoms with Gasteiger partial charge >= 0.3 is 0 Å². The van der Waals surface area contributed by atoms with Gasteiger partial charge in [-0.25, -0.2) is 9.97 Å². The van der Waals surface area contributed by atoms with E-state index in [1.165, 1.54) is 0 Å². The monoisotopic (exact) mass is 447 g/mol. The lowest BCUT2D eigenvalue weighted by Gasteiger charge is -2.30. The normalized spacial score (nSPS) is 13.9. The molecule has 0 saturated heterocycles. The summed E-state index contributed by atoms with van der Waals surface area (Å²) in [5.74, 6) is 1.87. The van der Waals surface area contributed by atoms with E-state index < -0.39 is 11.0 Å². The van der Waals surface area contributed by atoms with Crippen molar-refractivity contribution in [3.63, 3.8) is 0 Å². The summed E-state index contributed by atoms with van der Waals surface area (Å²) in [6.45, 7) is 12.0. The third-order valence-electron chi connectivity index (χ3n) is 5.91. The van der Waals surface area contributed by atoms with Crippen LogP contribution in [0.2, 0.25) is 0 Å². The van der Waals surface area contributed by atoms with Crippen molar-refractivity contribution in [3.05, 3.63) is 60.3 Å². The molecule has 1 unspecified atom stereocenters. The molecule has 0 saturated carbocycles. The first kappa shape index (κ1) is 22.7. The summed E-state index contributed by atoms with van der Waals surface area (Å²) < 4.78 is 7.27. The Balaban J connectivity index is 1.63. The minimum Gasteiger partial charge on any atom is -0.389 e. The van der Waals surface area contributed by atoms with E-state index in [1.807, 2.05) is 25.3 Å². The van der Waals surface area contributed by atoms with E-state index >= 15 is 0 Å². The molecule has 4 rings (SSSR count). The molecule has 1 atom stereocenters. The maximum atomic E-state index is 10.0. The predicted octanol–water partition coefficient (Wildman–Crippen LogP) is 3.83. The van der Waals surface area contributed by atoms with Crippen LogP contribution in [0.25, 0.3) is 22.7 Å². The molecular formula is C24H29N7O2. The van der Waals surface area contributed by atoms with E-state index in [0.29, 0.717) is 23.8 Å². The van der Waals surface area contributed by atoms with Gasteiger partial charge in [0, 0.05) is 30.4 Å². The van der Waals surface area contributed by atoms with E-state index in [-0.39, 0.29) is 5.92 Å². The van der Waals surface area contributed by atoms with Gasteiger partial charge in [-0.2, -0.15) is 10.1 Å². The number of aliphatic hydroxyl groups is 1. The van der Waals surface area contributed by atoms with Crippen LogP contribution < -0.4 is 0 Å². The topological polar surface area (TPSA) is 116 Å². The van der Waals surface area contributed by atoms with Crippen LogP contribution >= 0.6 is 0 Å². The molecule has 172 valence electrons. The maximum absolute atomic E-state index is 10.0. The molecule has 0 aliphatic rings. The van der Waals surface area contributed by atoms with Crippen LogP contribution in [0.3, 0.4) is 0 Å². The Labute approximate surface area is 192 Å². The van der Waals surface area contributed by atoms with Crippen molar-refractivity contribution < 1.29 is 9.63 Å². The van der Waals surface area contributed by atoms with Gasteiger partial charge in [0.15, 0.2) is 5.82 Å². The van der Waals surface area contributed by atoms with Gasteiger partial charge in [0.25, 0.3) is 5.89 Å². The SMILES string of the molecule is Cc1ncc(-c2ccc(C(C)(c3noc(-c4cnn(CC(C)(C)O)c4)n3)C(C)C)cn2)cn1. The number of aromatic nitrogens is 7. The highest BCUT2D eigenvalue weighted by Gasteiger charge is 2.38. The van der Waals surface area contributed by atoms with Gasteiger partial charge in [-0.3, -0.25) is 9.67 Å². The molecule has 4 heterocycles. The zero-order chi connectivity index (χ0) is 23.8. The summed E-state index contributed by atoms with van der Waals surface area (Å²) in [5, 5.41) is 18.6. The molecule has 1 N–H and O–H groups in total. The molecule has 0 radical (unpaired) electrons. The van der Waals surface area contributed by atoms with Gasteiger partial charge < -0.3 is 9.63 Å². The number of aryl methyl sites for hydroxylation is 1. The fraction of sp³-hybridized carbons (Fsp3) is 0.417. The second-order valence-electron chi connectivity index (χ2n) is 9.47. The maximum Gasteiger partial charge on any atom is 0.261 e. The average Bonchev–Trinajstić information content (AvgIpc) is 3.42. The second-order valence-corrected chi connectivity index (χ2v) is 9.47. The lowest BCUT2D eigenvalue weighted by Crippen LogP contribution is -2.31. The Hall–Kier alpha value is -3.46. The quantitative estimate of drug-likeness (QED) is 0.454. The van der Waals surface area contributed by atoms with E-state index in [0.717, 1.165) is 22.6 Å². The number of pyridine rings is 1. The Kier molecular flexibility index (Phi) is 5.84. The van der Waals surface area contributed by atoms with Crippen LogP contribution in [0.1, 0.15) is 51.8 Å². The van der Waals surface area contributed by atoms with Crippen molar-refractivity contribution in [3.8, 4) is 22.7 Å². The van der Waals surface area contributed by atoms with Crippen LogP contribution in [-0.2, 0) is 12.0 Å². The van der Waals surface area contributed by atoms with Crippen molar-refractivity contribution in [1.29, 1.82) is 0 Å². The molecule has 0 amide bonds. The number of hydrogen-bond donors (Lipinski definition) is 1. The van der Waals surface area contributed by atoms with Gasteiger partial charge in [0.05, 0.1) is 35.0 Å².